The summed E-state index contributed by atoms with van der Waals surface area (Å²) in [4.78, 5) is 13.3. The van der Waals surface area contributed by atoms with Crippen molar-refractivity contribution in [2.24, 2.45) is 5.92 Å². The maximum atomic E-state index is 13.3. The number of carbonyl (C=O) groups excluding carboxylic acids is 1. The summed E-state index contributed by atoms with van der Waals surface area (Å²) in [5.41, 5.74) is 1.52. The maximum Gasteiger partial charge on any atom is 0.242 e. The van der Waals surface area contributed by atoms with E-state index < -0.39 is 5.25 Å². The van der Waals surface area contributed by atoms with Crippen LogP contribution in [0.15, 0.2) is 59.8 Å². The number of nitrogens with zero attached hydrogens (tertiary/aromatic N) is 4. The van der Waals surface area contributed by atoms with Crippen molar-refractivity contribution in [3.63, 3.8) is 0 Å². The second-order valence-electron chi connectivity index (χ2n) is 6.86. The molecule has 2 aromatic carbocycles. The molecule has 0 spiro atoms. The normalized spacial score (nSPS) is 12.0. The van der Waals surface area contributed by atoms with E-state index in [1.54, 1.807) is 4.68 Å². The zero-order chi connectivity index (χ0) is 20.6. The van der Waals surface area contributed by atoms with Gasteiger partial charge in [0.1, 0.15) is 11.0 Å². The summed E-state index contributed by atoms with van der Waals surface area (Å²) in [6, 6.07) is 17.0. The Labute approximate surface area is 174 Å². The number of benzene rings is 2. The van der Waals surface area contributed by atoms with E-state index in [1.807, 2.05) is 61.5 Å². The van der Waals surface area contributed by atoms with Gasteiger partial charge in [-0.2, -0.15) is 0 Å². The molecule has 1 aromatic heterocycles. The molecule has 1 unspecified atom stereocenters. The Kier molecular flexibility index (Phi) is 7.24. The second-order valence-corrected chi connectivity index (χ2v) is 7.94. The van der Waals surface area contributed by atoms with Gasteiger partial charge in [0.2, 0.25) is 11.1 Å². The number of amides is 1. The Balaban J connectivity index is 1.87. The van der Waals surface area contributed by atoms with E-state index in [0.717, 1.165) is 5.56 Å². The van der Waals surface area contributed by atoms with Gasteiger partial charge in [-0.05, 0) is 41.0 Å². The molecule has 0 aliphatic rings. The summed E-state index contributed by atoms with van der Waals surface area (Å²) in [6.45, 7) is 7.32. The third kappa shape index (κ3) is 5.57. The predicted octanol–water partition coefficient (Wildman–Crippen LogP) is 4.20. The molecular weight excluding hydrogens is 386 g/mol. The molecule has 152 valence electrons. The van der Waals surface area contributed by atoms with Gasteiger partial charge >= 0.3 is 0 Å². The van der Waals surface area contributed by atoms with Gasteiger partial charge in [0, 0.05) is 6.54 Å². The summed E-state index contributed by atoms with van der Waals surface area (Å²) >= 11 is 1.34. The number of anilines is 1. The molecule has 1 amide bonds. The number of aromatic nitrogens is 4. The van der Waals surface area contributed by atoms with E-state index in [-0.39, 0.29) is 5.91 Å². The first-order chi connectivity index (χ1) is 14.1. The SMILES string of the molecule is CCOc1ccccc1NC(=O)C(Sc1nnnn1CC(C)C)c1ccccc1. The van der Waals surface area contributed by atoms with E-state index >= 15 is 0 Å². The van der Waals surface area contributed by atoms with Gasteiger partial charge in [0.25, 0.3) is 0 Å². The minimum absolute atomic E-state index is 0.160. The molecule has 1 atom stereocenters. The van der Waals surface area contributed by atoms with Crippen LogP contribution in [0.3, 0.4) is 0 Å². The lowest BCUT2D eigenvalue weighted by Gasteiger charge is -2.18. The average molecular weight is 412 g/mol. The zero-order valence-corrected chi connectivity index (χ0v) is 17.6. The van der Waals surface area contributed by atoms with Crippen molar-refractivity contribution < 1.29 is 9.53 Å². The predicted molar refractivity (Wildman–Crippen MR) is 114 cm³/mol. The lowest BCUT2D eigenvalue weighted by molar-refractivity contribution is -0.115. The number of hydrogen-bond donors (Lipinski definition) is 1. The minimum Gasteiger partial charge on any atom is -0.492 e. The van der Waals surface area contributed by atoms with Crippen LogP contribution in [0.2, 0.25) is 0 Å². The third-order valence-corrected chi connectivity index (χ3v) is 5.27. The topological polar surface area (TPSA) is 81.9 Å². The van der Waals surface area contributed by atoms with Crippen LogP contribution < -0.4 is 10.1 Å². The highest BCUT2D eigenvalue weighted by Crippen LogP contribution is 2.36. The van der Waals surface area contributed by atoms with Crippen molar-refractivity contribution in [1.29, 1.82) is 0 Å². The van der Waals surface area contributed by atoms with Gasteiger partial charge in [-0.1, -0.05) is 68.1 Å². The van der Waals surface area contributed by atoms with Crippen LogP contribution in [0.25, 0.3) is 0 Å². The minimum atomic E-state index is -0.511. The quantitative estimate of drug-likeness (QED) is 0.532. The van der Waals surface area contributed by atoms with Gasteiger partial charge in [-0.3, -0.25) is 4.79 Å². The Hall–Kier alpha value is -2.87. The molecule has 0 aliphatic heterocycles. The summed E-state index contributed by atoms with van der Waals surface area (Å²) in [5, 5.41) is 15.1. The fourth-order valence-corrected chi connectivity index (χ4v) is 3.78. The molecule has 0 fully saturated rings. The number of nitrogens with one attached hydrogen (secondary N) is 1. The molecule has 7 nitrogen and oxygen atoms in total. The molecule has 3 aromatic rings. The van der Waals surface area contributed by atoms with E-state index in [4.69, 9.17) is 4.74 Å². The number of rotatable bonds is 9. The van der Waals surface area contributed by atoms with E-state index in [9.17, 15) is 4.79 Å². The van der Waals surface area contributed by atoms with Crippen molar-refractivity contribution in [2.75, 3.05) is 11.9 Å². The summed E-state index contributed by atoms with van der Waals surface area (Å²) in [5.74, 6) is 0.872. The van der Waals surface area contributed by atoms with Crippen LogP contribution >= 0.6 is 11.8 Å². The van der Waals surface area contributed by atoms with Gasteiger partial charge in [0.15, 0.2) is 0 Å². The van der Waals surface area contributed by atoms with Crippen molar-refractivity contribution in [2.45, 2.75) is 37.7 Å². The maximum absolute atomic E-state index is 13.3. The Morgan fingerprint density at radius 1 is 1.14 bits per heavy atom. The summed E-state index contributed by atoms with van der Waals surface area (Å²) in [7, 11) is 0. The highest BCUT2D eigenvalue weighted by atomic mass is 32.2. The second kappa shape index (κ2) is 10.1. The molecule has 0 bridgehead atoms. The smallest absolute Gasteiger partial charge is 0.242 e. The lowest BCUT2D eigenvalue weighted by atomic mass is 10.1. The third-order valence-electron chi connectivity index (χ3n) is 4.05. The van der Waals surface area contributed by atoms with Crippen LogP contribution in [-0.2, 0) is 11.3 Å². The number of ether oxygens (including phenoxy) is 1. The average Bonchev–Trinajstić information content (AvgIpc) is 3.14. The Bertz CT molecular complexity index is 930. The van der Waals surface area contributed by atoms with Gasteiger partial charge in [0.05, 0.1) is 12.3 Å². The van der Waals surface area contributed by atoms with Crippen LogP contribution in [-0.4, -0.2) is 32.7 Å². The fraction of sp³-hybridized carbons (Fsp3) is 0.333. The molecule has 29 heavy (non-hydrogen) atoms. The van der Waals surface area contributed by atoms with Crippen LogP contribution in [0, 0.1) is 5.92 Å². The van der Waals surface area contributed by atoms with E-state index in [1.165, 1.54) is 11.8 Å². The first-order valence-corrected chi connectivity index (χ1v) is 10.5. The standard InChI is InChI=1S/C21H25N5O2S/c1-4-28-18-13-9-8-12-17(18)22-20(27)19(16-10-6-5-7-11-16)29-21-23-24-25-26(21)14-15(2)3/h5-13,15,19H,4,14H2,1-3H3,(H,22,27). The van der Waals surface area contributed by atoms with Crippen molar-refractivity contribution >= 4 is 23.4 Å². The van der Waals surface area contributed by atoms with Crippen LogP contribution in [0.5, 0.6) is 5.75 Å². The van der Waals surface area contributed by atoms with Gasteiger partial charge in [-0.15, -0.1) is 5.10 Å². The first kappa shape index (κ1) is 20.9. The summed E-state index contributed by atoms with van der Waals surface area (Å²) in [6.07, 6.45) is 0. The summed E-state index contributed by atoms with van der Waals surface area (Å²) < 4.78 is 7.38. The highest BCUT2D eigenvalue weighted by Gasteiger charge is 2.26. The van der Waals surface area contributed by atoms with Crippen molar-refractivity contribution in [1.82, 2.24) is 20.2 Å². The van der Waals surface area contributed by atoms with Gasteiger partial charge < -0.3 is 10.1 Å². The molecule has 1 heterocycles. The monoisotopic (exact) mass is 411 g/mol. The van der Waals surface area contributed by atoms with Crippen molar-refractivity contribution in [3.05, 3.63) is 60.2 Å². The lowest BCUT2D eigenvalue weighted by Crippen LogP contribution is -2.20. The van der Waals surface area contributed by atoms with Gasteiger partial charge in [-0.25, -0.2) is 4.68 Å². The number of carbonyl (C=O) groups is 1. The molecule has 1 N–H and O–H groups in total. The van der Waals surface area contributed by atoms with E-state index in [0.29, 0.717) is 35.7 Å². The van der Waals surface area contributed by atoms with Crippen LogP contribution in [0.4, 0.5) is 5.69 Å². The molecule has 0 saturated carbocycles. The molecule has 8 heteroatoms. The number of hydrogen-bond acceptors (Lipinski definition) is 6. The first-order valence-electron chi connectivity index (χ1n) is 9.59. The largest absolute Gasteiger partial charge is 0.492 e. The van der Waals surface area contributed by atoms with E-state index in [2.05, 4.69) is 34.7 Å². The van der Waals surface area contributed by atoms with Crippen LogP contribution in [0.1, 0.15) is 31.6 Å². The zero-order valence-electron chi connectivity index (χ0n) is 16.8. The molecular formula is C21H25N5O2S. The molecule has 0 saturated heterocycles. The Morgan fingerprint density at radius 3 is 2.59 bits per heavy atom. The Morgan fingerprint density at radius 2 is 1.86 bits per heavy atom. The highest BCUT2D eigenvalue weighted by molar-refractivity contribution is 8.00. The molecule has 0 aliphatic carbocycles. The molecule has 3 rings (SSSR count). The fourth-order valence-electron chi connectivity index (χ4n) is 2.80. The number of thioether (sulfide) groups is 1. The molecule has 0 radical (unpaired) electrons. The van der Waals surface area contributed by atoms with Crippen molar-refractivity contribution in [3.8, 4) is 5.75 Å². The number of para-hydroxylation sites is 2. The number of tetrazole rings is 1.